The van der Waals surface area contributed by atoms with Crippen molar-refractivity contribution in [1.82, 2.24) is 25.1 Å². The molecule has 0 unspecified atom stereocenters. The first kappa shape index (κ1) is 24.3. The highest BCUT2D eigenvalue weighted by Gasteiger charge is 2.36. The molecule has 2 aromatic rings. The van der Waals surface area contributed by atoms with E-state index in [-0.39, 0.29) is 30.1 Å². The lowest BCUT2D eigenvalue weighted by Gasteiger charge is -2.45. The molecule has 2 fully saturated rings. The van der Waals surface area contributed by atoms with Crippen LogP contribution >= 0.6 is 0 Å². The van der Waals surface area contributed by atoms with E-state index in [2.05, 4.69) is 32.3 Å². The molecule has 1 aromatic carbocycles. The molecule has 0 aliphatic carbocycles. The van der Waals surface area contributed by atoms with E-state index in [9.17, 15) is 18.0 Å². The van der Waals surface area contributed by atoms with Crippen LogP contribution in [-0.4, -0.2) is 70.1 Å². The first-order valence-corrected chi connectivity index (χ1v) is 11.7. The van der Waals surface area contributed by atoms with Gasteiger partial charge in [-0.25, -0.2) is 14.8 Å². The van der Waals surface area contributed by atoms with Crippen molar-refractivity contribution in [2.45, 2.75) is 57.5 Å². The molecule has 0 radical (unpaired) electrons. The molecular formula is C24H31F3N6O. The van der Waals surface area contributed by atoms with E-state index in [1.807, 2.05) is 41.8 Å². The van der Waals surface area contributed by atoms with E-state index in [4.69, 9.17) is 0 Å². The van der Waals surface area contributed by atoms with Crippen LogP contribution in [0.25, 0.3) is 0 Å². The minimum Gasteiger partial charge on any atom is -0.337 e. The van der Waals surface area contributed by atoms with Crippen molar-refractivity contribution in [2.24, 2.45) is 0 Å². The van der Waals surface area contributed by atoms with E-state index >= 15 is 0 Å². The lowest BCUT2D eigenvalue weighted by atomic mass is 10.0. The van der Waals surface area contributed by atoms with Crippen molar-refractivity contribution >= 4 is 12.0 Å². The zero-order valence-electron chi connectivity index (χ0n) is 19.5. The van der Waals surface area contributed by atoms with E-state index in [0.717, 1.165) is 44.9 Å². The van der Waals surface area contributed by atoms with Crippen LogP contribution in [0.5, 0.6) is 0 Å². The molecule has 34 heavy (non-hydrogen) atoms. The molecular weight excluding hydrogens is 445 g/mol. The molecule has 4 rings (SSSR count). The number of nitrogens with one attached hydrogen (secondary N) is 1. The second kappa shape index (κ2) is 10.2. The number of carbonyl (C=O) groups is 1. The van der Waals surface area contributed by atoms with Gasteiger partial charge in [0.05, 0.1) is 5.56 Å². The van der Waals surface area contributed by atoms with Crippen molar-refractivity contribution in [3.8, 4) is 0 Å². The van der Waals surface area contributed by atoms with Gasteiger partial charge in [0, 0.05) is 63.2 Å². The SMILES string of the molecule is C[C@@H]1CN(c2ncc(C(F)(F)F)cn2)C[C@@H](C)N1C(=O)NC1CCN(Cc2ccccc2)CC1. The Bertz CT molecular complexity index is 935. The molecule has 7 nitrogen and oxygen atoms in total. The van der Waals surface area contributed by atoms with Gasteiger partial charge >= 0.3 is 12.2 Å². The summed E-state index contributed by atoms with van der Waals surface area (Å²) in [6, 6.07) is 10.2. The fraction of sp³-hybridized carbons (Fsp3) is 0.542. The monoisotopic (exact) mass is 476 g/mol. The summed E-state index contributed by atoms with van der Waals surface area (Å²) in [4.78, 5) is 27.0. The van der Waals surface area contributed by atoms with E-state index in [0.29, 0.717) is 13.1 Å². The van der Waals surface area contributed by atoms with Crippen LogP contribution in [0.3, 0.4) is 0 Å². The molecule has 2 amide bonds. The molecule has 3 heterocycles. The number of urea groups is 1. The van der Waals surface area contributed by atoms with E-state index < -0.39 is 11.7 Å². The third-order valence-electron chi connectivity index (χ3n) is 6.57. The van der Waals surface area contributed by atoms with Gasteiger partial charge < -0.3 is 15.1 Å². The van der Waals surface area contributed by atoms with Gasteiger partial charge in [-0.05, 0) is 32.3 Å². The zero-order chi connectivity index (χ0) is 24.3. The van der Waals surface area contributed by atoms with Crippen molar-refractivity contribution in [1.29, 1.82) is 0 Å². The summed E-state index contributed by atoms with van der Waals surface area (Å²) in [6.45, 7) is 7.58. The van der Waals surface area contributed by atoms with Crippen molar-refractivity contribution < 1.29 is 18.0 Å². The number of piperazine rings is 1. The van der Waals surface area contributed by atoms with E-state index in [1.54, 1.807) is 0 Å². The maximum Gasteiger partial charge on any atom is 0.419 e. The summed E-state index contributed by atoms with van der Waals surface area (Å²) in [6.07, 6.45) is -1.04. The van der Waals surface area contributed by atoms with Crippen LogP contribution < -0.4 is 10.2 Å². The normalized spacial score (nSPS) is 22.6. The molecule has 10 heteroatoms. The quantitative estimate of drug-likeness (QED) is 0.728. The fourth-order valence-electron chi connectivity index (χ4n) is 4.84. The van der Waals surface area contributed by atoms with Gasteiger partial charge in [-0.3, -0.25) is 4.90 Å². The predicted molar refractivity (Wildman–Crippen MR) is 123 cm³/mol. The molecule has 0 spiro atoms. The molecule has 2 aliphatic rings. The highest BCUT2D eigenvalue weighted by atomic mass is 19.4. The number of halogens is 3. The number of carbonyl (C=O) groups excluding carboxylic acids is 1. The Labute approximate surface area is 198 Å². The van der Waals surface area contributed by atoms with Crippen LogP contribution in [-0.2, 0) is 12.7 Å². The van der Waals surface area contributed by atoms with Gasteiger partial charge in [0.2, 0.25) is 5.95 Å². The number of amides is 2. The number of anilines is 1. The van der Waals surface area contributed by atoms with Crippen LogP contribution in [0.15, 0.2) is 42.7 Å². The third kappa shape index (κ3) is 5.78. The van der Waals surface area contributed by atoms with Crippen molar-refractivity contribution in [3.63, 3.8) is 0 Å². The van der Waals surface area contributed by atoms with Gasteiger partial charge in [0.1, 0.15) is 0 Å². The summed E-state index contributed by atoms with van der Waals surface area (Å²) < 4.78 is 38.4. The molecule has 2 atom stereocenters. The lowest BCUT2D eigenvalue weighted by molar-refractivity contribution is -0.138. The van der Waals surface area contributed by atoms with Crippen molar-refractivity contribution in [3.05, 3.63) is 53.9 Å². The second-order valence-electron chi connectivity index (χ2n) is 9.27. The number of hydrogen-bond acceptors (Lipinski definition) is 5. The summed E-state index contributed by atoms with van der Waals surface area (Å²) in [5.41, 5.74) is 0.424. The number of aromatic nitrogens is 2. The van der Waals surface area contributed by atoms with Gasteiger partial charge in [0.15, 0.2) is 0 Å². The standard InChI is InChI=1S/C24H31F3N6O/c1-17-14-32(22-28-12-20(13-29-22)24(25,26)27)15-18(2)33(17)23(34)30-21-8-10-31(11-9-21)16-19-6-4-3-5-7-19/h3-7,12-13,17-18,21H,8-11,14-16H2,1-2H3,(H,30,34)/t17-,18-/m1/s1. The molecule has 1 aromatic heterocycles. The average Bonchev–Trinajstić information content (AvgIpc) is 2.80. The lowest BCUT2D eigenvalue weighted by Crippen LogP contribution is -2.62. The largest absolute Gasteiger partial charge is 0.419 e. The van der Waals surface area contributed by atoms with Crippen LogP contribution in [0.2, 0.25) is 0 Å². The Morgan fingerprint density at radius 3 is 2.18 bits per heavy atom. The van der Waals surface area contributed by atoms with Gasteiger partial charge in [-0.1, -0.05) is 30.3 Å². The molecule has 184 valence electrons. The predicted octanol–water partition coefficient (Wildman–Crippen LogP) is 3.77. The average molecular weight is 477 g/mol. The number of alkyl halides is 3. The molecule has 2 saturated heterocycles. The maximum absolute atomic E-state index is 13.1. The fourth-order valence-corrected chi connectivity index (χ4v) is 4.84. The highest BCUT2D eigenvalue weighted by molar-refractivity contribution is 5.75. The number of nitrogens with zero attached hydrogens (tertiary/aromatic N) is 5. The van der Waals surface area contributed by atoms with Crippen LogP contribution in [0, 0.1) is 0 Å². The number of benzene rings is 1. The number of likely N-dealkylation sites (tertiary alicyclic amines) is 1. The Balaban J connectivity index is 1.28. The first-order valence-electron chi connectivity index (χ1n) is 11.7. The Morgan fingerprint density at radius 1 is 1.03 bits per heavy atom. The molecule has 0 bridgehead atoms. The Kier molecular flexibility index (Phi) is 7.25. The van der Waals surface area contributed by atoms with Crippen LogP contribution in [0.4, 0.5) is 23.9 Å². The smallest absolute Gasteiger partial charge is 0.337 e. The first-order chi connectivity index (χ1) is 16.2. The number of hydrogen-bond donors (Lipinski definition) is 1. The van der Waals surface area contributed by atoms with Crippen molar-refractivity contribution in [2.75, 3.05) is 31.1 Å². The van der Waals surface area contributed by atoms with Gasteiger partial charge in [0.25, 0.3) is 0 Å². The maximum atomic E-state index is 13.1. The zero-order valence-corrected chi connectivity index (χ0v) is 19.5. The molecule has 0 saturated carbocycles. The topological polar surface area (TPSA) is 64.6 Å². The molecule has 1 N–H and O–H groups in total. The highest BCUT2D eigenvalue weighted by Crippen LogP contribution is 2.29. The second-order valence-corrected chi connectivity index (χ2v) is 9.27. The summed E-state index contributed by atoms with van der Waals surface area (Å²) in [5.74, 6) is 0.248. The summed E-state index contributed by atoms with van der Waals surface area (Å²) in [5, 5.41) is 3.20. The number of rotatable bonds is 4. The summed E-state index contributed by atoms with van der Waals surface area (Å²) in [7, 11) is 0. The van der Waals surface area contributed by atoms with E-state index in [1.165, 1.54) is 5.56 Å². The van der Waals surface area contributed by atoms with Gasteiger partial charge in [-0.2, -0.15) is 13.2 Å². The minimum absolute atomic E-state index is 0.0884. The number of piperidine rings is 1. The Hall–Kier alpha value is -2.88. The third-order valence-corrected chi connectivity index (χ3v) is 6.57. The molecule has 2 aliphatic heterocycles. The summed E-state index contributed by atoms with van der Waals surface area (Å²) >= 11 is 0. The minimum atomic E-state index is -4.46. The van der Waals surface area contributed by atoms with Gasteiger partial charge in [-0.15, -0.1) is 0 Å². The van der Waals surface area contributed by atoms with Crippen LogP contribution in [0.1, 0.15) is 37.8 Å². The Morgan fingerprint density at radius 2 is 1.62 bits per heavy atom.